The number of carbonyl (C=O) groups is 1. The molecule has 30 heavy (non-hydrogen) atoms. The minimum absolute atomic E-state index is 0.162. The summed E-state index contributed by atoms with van der Waals surface area (Å²) >= 11 is 0. The third-order valence-corrected chi connectivity index (χ3v) is 4.78. The van der Waals surface area contributed by atoms with Crippen LogP contribution >= 0.6 is 0 Å². The van der Waals surface area contributed by atoms with Crippen LogP contribution in [-0.2, 0) is 11.3 Å². The summed E-state index contributed by atoms with van der Waals surface area (Å²) in [5.74, 6) is 1.73. The van der Waals surface area contributed by atoms with Crippen LogP contribution in [0.1, 0.15) is 59.1 Å². The van der Waals surface area contributed by atoms with E-state index in [0.717, 1.165) is 49.7 Å². The molecule has 1 aliphatic carbocycles. The van der Waals surface area contributed by atoms with E-state index in [2.05, 4.69) is 27.9 Å². The largest absolute Gasteiger partial charge is 0.444 e. The first-order valence-electron chi connectivity index (χ1n) is 10.8. The Balaban J connectivity index is 1.85. The maximum atomic E-state index is 12.0. The van der Waals surface area contributed by atoms with E-state index in [1.807, 2.05) is 58.0 Å². The lowest BCUT2D eigenvalue weighted by atomic mass is 9.91. The number of nitrogens with zero attached hydrogens (tertiary/aromatic N) is 3. The molecule has 0 unspecified atom stereocenters. The molecule has 168 valence electrons. The van der Waals surface area contributed by atoms with Gasteiger partial charge in [-0.05, 0) is 65.5 Å². The van der Waals surface area contributed by atoms with Crippen molar-refractivity contribution in [1.82, 2.24) is 20.9 Å². The van der Waals surface area contributed by atoms with Gasteiger partial charge in [0.05, 0.1) is 12.2 Å². The number of hydrogen-bond acceptors (Lipinski definition) is 5. The van der Waals surface area contributed by atoms with Gasteiger partial charge in [0, 0.05) is 32.7 Å². The van der Waals surface area contributed by atoms with E-state index < -0.39 is 5.60 Å². The van der Waals surface area contributed by atoms with E-state index in [9.17, 15) is 4.79 Å². The smallest absolute Gasteiger partial charge is 0.407 e. The van der Waals surface area contributed by atoms with E-state index in [4.69, 9.17) is 9.73 Å². The summed E-state index contributed by atoms with van der Waals surface area (Å²) in [5, 5.41) is 9.84. The lowest BCUT2D eigenvalue weighted by Crippen LogP contribution is -2.48. The van der Waals surface area contributed by atoms with Crippen molar-refractivity contribution >= 4 is 17.9 Å². The highest BCUT2D eigenvalue weighted by Crippen LogP contribution is 2.19. The zero-order chi connectivity index (χ0) is 22.1. The first-order chi connectivity index (χ1) is 14.2. The van der Waals surface area contributed by atoms with Crippen molar-refractivity contribution in [2.45, 2.75) is 77.6 Å². The zero-order valence-electron chi connectivity index (χ0n) is 19.3. The van der Waals surface area contributed by atoms with Crippen LogP contribution in [0.3, 0.4) is 0 Å². The van der Waals surface area contributed by atoms with Gasteiger partial charge in [-0.25, -0.2) is 14.8 Å². The summed E-state index contributed by atoms with van der Waals surface area (Å²) < 4.78 is 5.36. The SMILES string of the molecule is CCNC(=NCc1cccc(N(C)C)n1)NC1CCC(NC(=O)OC(C)(C)C)CC1. The van der Waals surface area contributed by atoms with E-state index >= 15 is 0 Å². The number of carbonyl (C=O) groups excluding carboxylic acids is 1. The molecule has 1 amide bonds. The van der Waals surface area contributed by atoms with Gasteiger partial charge in [0.25, 0.3) is 0 Å². The van der Waals surface area contributed by atoms with E-state index in [-0.39, 0.29) is 12.1 Å². The Bertz CT molecular complexity index is 706. The van der Waals surface area contributed by atoms with E-state index in [0.29, 0.717) is 12.6 Å². The zero-order valence-corrected chi connectivity index (χ0v) is 19.3. The molecule has 1 aromatic rings. The molecule has 0 radical (unpaired) electrons. The van der Waals surface area contributed by atoms with Crippen LogP contribution in [0.5, 0.6) is 0 Å². The third-order valence-electron chi connectivity index (χ3n) is 4.78. The molecule has 0 spiro atoms. The Hall–Kier alpha value is -2.51. The summed E-state index contributed by atoms with van der Waals surface area (Å²) in [6.07, 6.45) is 3.45. The average Bonchev–Trinajstić information content (AvgIpc) is 2.66. The van der Waals surface area contributed by atoms with E-state index in [1.54, 1.807) is 0 Å². The van der Waals surface area contributed by atoms with Crippen molar-refractivity contribution in [2.24, 2.45) is 4.99 Å². The van der Waals surface area contributed by atoms with Gasteiger partial charge in [-0.2, -0.15) is 0 Å². The lowest BCUT2D eigenvalue weighted by molar-refractivity contribution is 0.0490. The lowest BCUT2D eigenvalue weighted by Gasteiger charge is -2.31. The molecular weight excluding hydrogens is 380 g/mol. The van der Waals surface area contributed by atoms with Gasteiger partial charge in [0.1, 0.15) is 11.4 Å². The molecule has 1 saturated carbocycles. The van der Waals surface area contributed by atoms with Crippen LogP contribution in [0, 0.1) is 0 Å². The second-order valence-corrected chi connectivity index (χ2v) is 8.92. The summed E-state index contributed by atoms with van der Waals surface area (Å²) in [6, 6.07) is 6.48. The molecule has 2 rings (SSSR count). The monoisotopic (exact) mass is 418 g/mol. The van der Waals surface area contributed by atoms with Crippen molar-refractivity contribution in [3.63, 3.8) is 0 Å². The first kappa shape index (κ1) is 23.8. The molecule has 0 aliphatic heterocycles. The fourth-order valence-corrected chi connectivity index (χ4v) is 3.33. The Labute approximate surface area is 180 Å². The topological polar surface area (TPSA) is 90.9 Å². The number of anilines is 1. The first-order valence-corrected chi connectivity index (χ1v) is 10.8. The summed E-state index contributed by atoms with van der Waals surface area (Å²) in [5.41, 5.74) is 0.463. The molecule has 1 aromatic heterocycles. The maximum absolute atomic E-state index is 12.0. The number of ether oxygens (including phenoxy) is 1. The average molecular weight is 419 g/mol. The van der Waals surface area contributed by atoms with Gasteiger partial charge < -0.3 is 25.6 Å². The fourth-order valence-electron chi connectivity index (χ4n) is 3.33. The molecule has 1 fully saturated rings. The molecule has 1 aliphatic rings. The summed E-state index contributed by atoms with van der Waals surface area (Å²) in [7, 11) is 3.96. The van der Waals surface area contributed by atoms with Crippen LogP contribution in [0.4, 0.5) is 10.6 Å². The van der Waals surface area contributed by atoms with Crippen molar-refractivity contribution in [2.75, 3.05) is 25.5 Å². The maximum Gasteiger partial charge on any atom is 0.407 e. The number of aliphatic imine (C=N–C) groups is 1. The second-order valence-electron chi connectivity index (χ2n) is 8.92. The normalized spacial score (nSPS) is 19.7. The summed E-state index contributed by atoms with van der Waals surface area (Å²) in [4.78, 5) is 23.3. The number of aromatic nitrogens is 1. The highest BCUT2D eigenvalue weighted by atomic mass is 16.6. The number of rotatable bonds is 6. The standard InChI is InChI=1S/C22H38N6O2/c1-7-23-20(24-15-18-9-8-10-19(25-18)28(5)6)26-16-11-13-17(14-12-16)27-21(29)30-22(2,3)4/h8-10,16-17H,7,11-15H2,1-6H3,(H,27,29)(H2,23,24,26). The van der Waals surface area contributed by atoms with Crippen molar-refractivity contribution in [3.8, 4) is 0 Å². The Morgan fingerprint density at radius 3 is 2.37 bits per heavy atom. The number of guanidine groups is 1. The van der Waals surface area contributed by atoms with Gasteiger partial charge in [0.15, 0.2) is 5.96 Å². The van der Waals surface area contributed by atoms with Gasteiger partial charge in [-0.15, -0.1) is 0 Å². The van der Waals surface area contributed by atoms with Crippen LogP contribution in [0.15, 0.2) is 23.2 Å². The quantitative estimate of drug-likeness (QED) is 0.486. The van der Waals surface area contributed by atoms with Crippen LogP contribution in [-0.4, -0.2) is 55.4 Å². The van der Waals surface area contributed by atoms with Crippen LogP contribution in [0.2, 0.25) is 0 Å². The van der Waals surface area contributed by atoms with Crippen molar-refractivity contribution in [3.05, 3.63) is 23.9 Å². The second kappa shape index (κ2) is 11.0. The van der Waals surface area contributed by atoms with Gasteiger partial charge in [-0.3, -0.25) is 0 Å². The number of alkyl carbamates (subject to hydrolysis) is 1. The number of nitrogens with one attached hydrogen (secondary N) is 3. The molecule has 3 N–H and O–H groups in total. The van der Waals surface area contributed by atoms with Crippen LogP contribution < -0.4 is 20.9 Å². The fraction of sp³-hybridized carbons (Fsp3) is 0.682. The van der Waals surface area contributed by atoms with Crippen molar-refractivity contribution in [1.29, 1.82) is 0 Å². The Morgan fingerprint density at radius 2 is 1.80 bits per heavy atom. The minimum Gasteiger partial charge on any atom is -0.444 e. The summed E-state index contributed by atoms with van der Waals surface area (Å²) in [6.45, 7) is 9.01. The van der Waals surface area contributed by atoms with Gasteiger partial charge in [0.2, 0.25) is 0 Å². The molecule has 0 atom stereocenters. The molecule has 0 saturated heterocycles. The van der Waals surface area contributed by atoms with Crippen LogP contribution in [0.25, 0.3) is 0 Å². The molecule has 0 bridgehead atoms. The molecule has 0 aromatic carbocycles. The number of amides is 1. The Kier molecular flexibility index (Phi) is 8.74. The van der Waals surface area contributed by atoms with Crippen molar-refractivity contribution < 1.29 is 9.53 Å². The van der Waals surface area contributed by atoms with E-state index in [1.165, 1.54) is 0 Å². The van der Waals surface area contributed by atoms with Gasteiger partial charge in [-0.1, -0.05) is 6.07 Å². The Morgan fingerprint density at radius 1 is 1.17 bits per heavy atom. The molecular formula is C22H38N6O2. The number of pyridine rings is 1. The third kappa shape index (κ3) is 8.47. The minimum atomic E-state index is -0.471. The molecule has 8 nitrogen and oxygen atoms in total. The van der Waals surface area contributed by atoms with Gasteiger partial charge >= 0.3 is 6.09 Å². The molecule has 8 heteroatoms. The highest BCUT2D eigenvalue weighted by molar-refractivity contribution is 5.80. The molecule has 1 heterocycles. The predicted molar refractivity (Wildman–Crippen MR) is 122 cm³/mol. The highest BCUT2D eigenvalue weighted by Gasteiger charge is 2.25. The predicted octanol–water partition coefficient (Wildman–Crippen LogP) is 3.04. The number of hydrogen-bond donors (Lipinski definition) is 3.